The van der Waals surface area contributed by atoms with E-state index in [-0.39, 0.29) is 6.61 Å². The van der Waals surface area contributed by atoms with Gasteiger partial charge in [0.15, 0.2) is 0 Å². The van der Waals surface area contributed by atoms with E-state index in [4.69, 9.17) is 4.74 Å². The molecule has 0 unspecified atom stereocenters. The molecular weight excluding hydrogens is 357 g/mol. The highest BCUT2D eigenvalue weighted by atomic mass is 127. The Bertz CT molecular complexity index is 554. The SMILES string of the molecule is CCn1ncc(NC(=O)OCc2ccccc2)c1I. The number of nitrogens with one attached hydrogen (secondary N) is 1. The maximum Gasteiger partial charge on any atom is 0.412 e. The number of amides is 1. The molecule has 0 radical (unpaired) electrons. The number of ether oxygens (including phenoxy) is 1. The summed E-state index contributed by atoms with van der Waals surface area (Å²) in [5.74, 6) is 0. The van der Waals surface area contributed by atoms with Crippen molar-refractivity contribution >= 4 is 34.4 Å². The molecule has 1 heterocycles. The van der Waals surface area contributed by atoms with Crippen LogP contribution in [0, 0.1) is 3.70 Å². The average Bonchev–Trinajstić information content (AvgIpc) is 2.78. The van der Waals surface area contributed by atoms with Crippen molar-refractivity contribution in [1.29, 1.82) is 0 Å². The van der Waals surface area contributed by atoms with Crippen LogP contribution in [-0.4, -0.2) is 15.9 Å². The molecule has 0 bridgehead atoms. The molecule has 0 aliphatic heterocycles. The summed E-state index contributed by atoms with van der Waals surface area (Å²) >= 11 is 2.14. The number of rotatable bonds is 4. The fraction of sp³-hybridized carbons (Fsp3) is 0.231. The lowest BCUT2D eigenvalue weighted by Crippen LogP contribution is -2.14. The molecular formula is C13H14IN3O2. The number of aryl methyl sites for hydroxylation is 1. The molecule has 0 fully saturated rings. The average molecular weight is 371 g/mol. The number of nitrogens with zero attached hydrogens (tertiary/aromatic N) is 2. The number of hydrogen-bond acceptors (Lipinski definition) is 3. The molecule has 0 atom stereocenters. The Balaban J connectivity index is 1.89. The second-order valence-electron chi connectivity index (χ2n) is 3.85. The standard InChI is InChI=1S/C13H14IN3O2/c1-2-17-12(14)11(8-15-17)16-13(18)19-9-10-6-4-3-5-7-10/h3-8H,2,9H2,1H3,(H,16,18). The van der Waals surface area contributed by atoms with E-state index in [1.807, 2.05) is 37.3 Å². The monoisotopic (exact) mass is 371 g/mol. The van der Waals surface area contributed by atoms with Crippen LogP contribution in [0.15, 0.2) is 36.5 Å². The fourth-order valence-electron chi connectivity index (χ4n) is 1.54. The van der Waals surface area contributed by atoms with Crippen LogP contribution in [0.5, 0.6) is 0 Å². The number of benzene rings is 1. The molecule has 5 nitrogen and oxygen atoms in total. The Morgan fingerprint density at radius 3 is 2.79 bits per heavy atom. The van der Waals surface area contributed by atoms with Gasteiger partial charge in [0.1, 0.15) is 10.3 Å². The maximum absolute atomic E-state index is 11.7. The summed E-state index contributed by atoms with van der Waals surface area (Å²) in [5.41, 5.74) is 1.62. The van der Waals surface area contributed by atoms with Crippen molar-refractivity contribution in [2.24, 2.45) is 0 Å². The molecule has 0 aliphatic carbocycles. The molecule has 2 rings (SSSR count). The van der Waals surface area contributed by atoms with Crippen LogP contribution in [0.4, 0.5) is 10.5 Å². The van der Waals surface area contributed by atoms with Gasteiger partial charge in [-0.3, -0.25) is 10.00 Å². The zero-order valence-electron chi connectivity index (χ0n) is 10.5. The second-order valence-corrected chi connectivity index (χ2v) is 4.87. The Labute approximate surface area is 125 Å². The quantitative estimate of drug-likeness (QED) is 0.840. The molecule has 19 heavy (non-hydrogen) atoms. The third kappa shape index (κ3) is 3.69. The molecule has 0 saturated heterocycles. The van der Waals surface area contributed by atoms with Crippen LogP contribution >= 0.6 is 22.6 Å². The first kappa shape index (κ1) is 13.9. The van der Waals surface area contributed by atoms with E-state index in [1.54, 1.807) is 10.9 Å². The van der Waals surface area contributed by atoms with Gasteiger partial charge in [-0.25, -0.2) is 4.79 Å². The topological polar surface area (TPSA) is 56.2 Å². The molecule has 0 aliphatic rings. The highest BCUT2D eigenvalue weighted by Crippen LogP contribution is 2.17. The molecule has 1 aromatic carbocycles. The molecule has 1 N–H and O–H groups in total. The van der Waals surface area contributed by atoms with E-state index in [1.165, 1.54) is 0 Å². The van der Waals surface area contributed by atoms with Gasteiger partial charge in [-0.05, 0) is 35.1 Å². The van der Waals surface area contributed by atoms with Crippen molar-refractivity contribution in [3.05, 3.63) is 45.8 Å². The molecule has 0 saturated carbocycles. The smallest absolute Gasteiger partial charge is 0.412 e. The third-order valence-electron chi connectivity index (χ3n) is 2.52. The van der Waals surface area contributed by atoms with E-state index in [9.17, 15) is 4.79 Å². The second kappa shape index (κ2) is 6.55. The Hall–Kier alpha value is -1.57. The lowest BCUT2D eigenvalue weighted by molar-refractivity contribution is 0.155. The number of halogens is 1. The lowest BCUT2D eigenvalue weighted by atomic mass is 10.2. The van der Waals surface area contributed by atoms with Crippen LogP contribution in [0.1, 0.15) is 12.5 Å². The largest absolute Gasteiger partial charge is 0.444 e. The first-order valence-electron chi connectivity index (χ1n) is 5.89. The summed E-state index contributed by atoms with van der Waals surface area (Å²) in [6, 6.07) is 9.55. The van der Waals surface area contributed by atoms with Crippen molar-refractivity contribution in [2.45, 2.75) is 20.1 Å². The van der Waals surface area contributed by atoms with Crippen LogP contribution in [0.3, 0.4) is 0 Å². The Morgan fingerprint density at radius 1 is 1.42 bits per heavy atom. The van der Waals surface area contributed by atoms with Gasteiger partial charge in [-0.1, -0.05) is 30.3 Å². The van der Waals surface area contributed by atoms with E-state index in [2.05, 4.69) is 33.0 Å². The lowest BCUT2D eigenvalue weighted by Gasteiger charge is -2.06. The first-order chi connectivity index (χ1) is 9.20. The minimum Gasteiger partial charge on any atom is -0.444 e. The van der Waals surface area contributed by atoms with Crippen LogP contribution in [0.2, 0.25) is 0 Å². The van der Waals surface area contributed by atoms with Crippen molar-refractivity contribution < 1.29 is 9.53 Å². The molecule has 6 heteroatoms. The van der Waals surface area contributed by atoms with E-state index >= 15 is 0 Å². The molecule has 1 amide bonds. The van der Waals surface area contributed by atoms with Gasteiger partial charge >= 0.3 is 6.09 Å². The van der Waals surface area contributed by atoms with E-state index in [0.29, 0.717) is 5.69 Å². The minimum absolute atomic E-state index is 0.255. The van der Waals surface area contributed by atoms with Gasteiger partial charge in [-0.2, -0.15) is 5.10 Å². The summed E-state index contributed by atoms with van der Waals surface area (Å²) in [6.45, 7) is 3.01. The summed E-state index contributed by atoms with van der Waals surface area (Å²) in [7, 11) is 0. The van der Waals surface area contributed by atoms with Gasteiger partial charge in [0.25, 0.3) is 0 Å². The molecule has 0 spiro atoms. The summed E-state index contributed by atoms with van der Waals surface area (Å²) in [4.78, 5) is 11.7. The fourth-order valence-corrected chi connectivity index (χ4v) is 2.28. The van der Waals surface area contributed by atoms with Crippen molar-refractivity contribution in [1.82, 2.24) is 9.78 Å². The van der Waals surface area contributed by atoms with Crippen molar-refractivity contribution in [3.63, 3.8) is 0 Å². The normalized spacial score (nSPS) is 10.2. The van der Waals surface area contributed by atoms with E-state index in [0.717, 1.165) is 15.8 Å². The van der Waals surface area contributed by atoms with Gasteiger partial charge < -0.3 is 4.74 Å². The first-order valence-corrected chi connectivity index (χ1v) is 6.97. The number of carbonyl (C=O) groups excluding carboxylic acids is 1. The zero-order chi connectivity index (χ0) is 13.7. The number of aromatic nitrogens is 2. The van der Waals surface area contributed by atoms with Gasteiger partial charge in [-0.15, -0.1) is 0 Å². The van der Waals surface area contributed by atoms with Gasteiger partial charge in [0.05, 0.1) is 11.9 Å². The summed E-state index contributed by atoms with van der Waals surface area (Å²) in [6.07, 6.45) is 1.15. The van der Waals surface area contributed by atoms with Gasteiger partial charge in [0, 0.05) is 6.54 Å². The zero-order valence-corrected chi connectivity index (χ0v) is 12.6. The summed E-state index contributed by atoms with van der Waals surface area (Å²) < 4.78 is 7.82. The number of hydrogen-bond donors (Lipinski definition) is 1. The van der Waals surface area contributed by atoms with Crippen LogP contribution < -0.4 is 5.32 Å². The highest BCUT2D eigenvalue weighted by molar-refractivity contribution is 14.1. The molecule has 1 aromatic heterocycles. The predicted octanol–water partition coefficient (Wildman–Crippen LogP) is 3.26. The summed E-state index contributed by atoms with van der Waals surface area (Å²) in [5, 5.41) is 6.83. The Kier molecular flexibility index (Phi) is 4.78. The van der Waals surface area contributed by atoms with Gasteiger partial charge in [0.2, 0.25) is 0 Å². The van der Waals surface area contributed by atoms with Crippen molar-refractivity contribution in [2.75, 3.05) is 5.32 Å². The number of anilines is 1. The van der Waals surface area contributed by atoms with E-state index < -0.39 is 6.09 Å². The molecule has 100 valence electrons. The number of carbonyl (C=O) groups is 1. The van der Waals surface area contributed by atoms with Crippen molar-refractivity contribution in [3.8, 4) is 0 Å². The maximum atomic E-state index is 11.7. The third-order valence-corrected chi connectivity index (χ3v) is 3.66. The van der Waals surface area contributed by atoms with Crippen LogP contribution in [-0.2, 0) is 17.9 Å². The Morgan fingerprint density at radius 2 is 2.16 bits per heavy atom. The molecule has 2 aromatic rings. The minimum atomic E-state index is -0.475. The predicted molar refractivity (Wildman–Crippen MR) is 80.9 cm³/mol. The highest BCUT2D eigenvalue weighted by Gasteiger charge is 2.10. The van der Waals surface area contributed by atoms with Crippen LogP contribution in [0.25, 0.3) is 0 Å².